The first-order valence-electron chi connectivity index (χ1n) is 7.20. The molecular formula is C16H19ClN2S. The van der Waals surface area contributed by atoms with E-state index >= 15 is 0 Å². The van der Waals surface area contributed by atoms with Gasteiger partial charge in [0.25, 0.3) is 0 Å². The summed E-state index contributed by atoms with van der Waals surface area (Å²) in [5.74, 6) is 0. The van der Waals surface area contributed by atoms with Crippen LogP contribution in [0.25, 0.3) is 0 Å². The number of hydrogen-bond donors (Lipinski definition) is 1. The molecule has 0 spiro atoms. The zero-order valence-corrected chi connectivity index (χ0v) is 13.2. The highest BCUT2D eigenvalue weighted by Crippen LogP contribution is 2.25. The predicted molar refractivity (Wildman–Crippen MR) is 85.6 cm³/mol. The second-order valence-corrected chi connectivity index (χ2v) is 6.90. The van der Waals surface area contributed by atoms with Crippen molar-refractivity contribution >= 4 is 22.9 Å². The Balaban J connectivity index is 1.72. The number of hydrogen-bond acceptors (Lipinski definition) is 3. The molecule has 0 amide bonds. The molecule has 1 aliphatic carbocycles. The molecule has 1 aliphatic rings. The van der Waals surface area contributed by atoms with Crippen molar-refractivity contribution in [1.82, 2.24) is 10.3 Å². The molecule has 1 saturated carbocycles. The van der Waals surface area contributed by atoms with Crippen molar-refractivity contribution < 1.29 is 0 Å². The smallest absolute Gasteiger partial charge is 0.0975 e. The Labute approximate surface area is 129 Å². The van der Waals surface area contributed by atoms with Gasteiger partial charge in [0.15, 0.2) is 0 Å². The lowest BCUT2D eigenvalue weighted by Crippen LogP contribution is -2.15. The summed E-state index contributed by atoms with van der Waals surface area (Å²) in [6, 6.07) is 8.80. The monoisotopic (exact) mass is 306 g/mol. The van der Waals surface area contributed by atoms with E-state index in [9.17, 15) is 0 Å². The Morgan fingerprint density at radius 1 is 1.40 bits per heavy atom. The lowest BCUT2D eigenvalue weighted by atomic mass is 10.2. The first kappa shape index (κ1) is 14.1. The maximum Gasteiger partial charge on any atom is 0.0975 e. The third-order valence-electron chi connectivity index (χ3n) is 3.53. The van der Waals surface area contributed by atoms with Gasteiger partial charge in [-0.25, -0.2) is 4.98 Å². The van der Waals surface area contributed by atoms with Gasteiger partial charge in [-0.2, -0.15) is 0 Å². The van der Waals surface area contributed by atoms with Gasteiger partial charge in [-0.3, -0.25) is 0 Å². The summed E-state index contributed by atoms with van der Waals surface area (Å²) < 4.78 is 0. The zero-order valence-electron chi connectivity index (χ0n) is 11.7. The fourth-order valence-electron chi connectivity index (χ4n) is 2.27. The molecule has 0 saturated heterocycles. The molecule has 1 fully saturated rings. The second-order valence-electron chi connectivity index (χ2n) is 5.29. The highest BCUT2D eigenvalue weighted by Gasteiger charge is 2.21. The van der Waals surface area contributed by atoms with Crippen LogP contribution in [0, 0.1) is 0 Å². The van der Waals surface area contributed by atoms with Gasteiger partial charge < -0.3 is 5.32 Å². The van der Waals surface area contributed by atoms with E-state index in [1.54, 1.807) is 0 Å². The summed E-state index contributed by atoms with van der Waals surface area (Å²) in [7, 11) is 0. The molecule has 0 radical (unpaired) electrons. The van der Waals surface area contributed by atoms with Gasteiger partial charge in [0.05, 0.1) is 10.7 Å². The molecule has 0 unspecified atom stereocenters. The first-order valence-corrected chi connectivity index (χ1v) is 8.39. The Morgan fingerprint density at radius 3 is 2.95 bits per heavy atom. The quantitative estimate of drug-likeness (QED) is 0.865. The molecule has 1 N–H and O–H groups in total. The SMILES string of the molecule is CCc1nc(Cc2cccc(Cl)c2)sc1CNC1CC1. The summed E-state index contributed by atoms with van der Waals surface area (Å²) in [6.45, 7) is 3.15. The van der Waals surface area contributed by atoms with E-state index in [-0.39, 0.29) is 0 Å². The van der Waals surface area contributed by atoms with Crippen LogP contribution in [0.4, 0.5) is 0 Å². The van der Waals surface area contributed by atoms with Gasteiger partial charge in [-0.05, 0) is 37.0 Å². The lowest BCUT2D eigenvalue weighted by Gasteiger charge is -2.00. The topological polar surface area (TPSA) is 24.9 Å². The summed E-state index contributed by atoms with van der Waals surface area (Å²) in [5, 5.41) is 5.57. The number of thiazole rings is 1. The number of nitrogens with one attached hydrogen (secondary N) is 1. The minimum atomic E-state index is 0.748. The van der Waals surface area contributed by atoms with Crippen molar-refractivity contribution in [1.29, 1.82) is 0 Å². The molecule has 106 valence electrons. The largest absolute Gasteiger partial charge is 0.309 e. The van der Waals surface area contributed by atoms with E-state index < -0.39 is 0 Å². The van der Waals surface area contributed by atoms with Crippen molar-refractivity contribution in [3.8, 4) is 0 Å². The standard InChI is InChI=1S/C16H19ClN2S/c1-2-14-15(10-18-13-6-7-13)20-16(19-14)9-11-4-3-5-12(17)8-11/h3-5,8,13,18H,2,6-7,9-10H2,1H3. The van der Waals surface area contributed by atoms with Crippen molar-refractivity contribution in [2.45, 2.75) is 45.2 Å². The molecule has 1 aromatic heterocycles. The number of benzene rings is 1. The lowest BCUT2D eigenvalue weighted by molar-refractivity contribution is 0.689. The van der Waals surface area contributed by atoms with Crippen LogP contribution in [0.15, 0.2) is 24.3 Å². The van der Waals surface area contributed by atoms with Crippen molar-refractivity contribution in [3.05, 3.63) is 50.4 Å². The maximum atomic E-state index is 6.04. The normalized spacial score (nSPS) is 14.7. The highest BCUT2D eigenvalue weighted by atomic mass is 35.5. The average molecular weight is 307 g/mol. The Kier molecular flexibility index (Phi) is 4.39. The third kappa shape index (κ3) is 3.60. The fraction of sp³-hybridized carbons (Fsp3) is 0.438. The molecule has 0 bridgehead atoms. The summed E-state index contributed by atoms with van der Waals surface area (Å²) >= 11 is 7.88. The van der Waals surface area contributed by atoms with Crippen LogP contribution in [0.3, 0.4) is 0 Å². The van der Waals surface area contributed by atoms with Gasteiger partial charge in [0.1, 0.15) is 0 Å². The average Bonchev–Trinajstić information content (AvgIpc) is 3.18. The molecule has 1 heterocycles. The number of aromatic nitrogens is 1. The van der Waals surface area contributed by atoms with Gasteiger partial charge in [0, 0.05) is 28.9 Å². The van der Waals surface area contributed by atoms with E-state index in [4.69, 9.17) is 16.6 Å². The highest BCUT2D eigenvalue weighted by molar-refractivity contribution is 7.11. The molecule has 0 atom stereocenters. The van der Waals surface area contributed by atoms with Crippen LogP contribution in [0.5, 0.6) is 0 Å². The second kappa shape index (κ2) is 6.25. The van der Waals surface area contributed by atoms with Crippen molar-refractivity contribution in [2.24, 2.45) is 0 Å². The van der Waals surface area contributed by atoms with Crippen LogP contribution in [-0.4, -0.2) is 11.0 Å². The molecule has 20 heavy (non-hydrogen) atoms. The van der Waals surface area contributed by atoms with E-state index in [0.29, 0.717) is 0 Å². The molecule has 4 heteroatoms. The van der Waals surface area contributed by atoms with Crippen LogP contribution >= 0.6 is 22.9 Å². The Bertz CT molecular complexity index is 590. The fourth-order valence-corrected chi connectivity index (χ4v) is 3.63. The molecule has 3 rings (SSSR count). The van der Waals surface area contributed by atoms with Gasteiger partial charge in [-0.1, -0.05) is 30.7 Å². The van der Waals surface area contributed by atoms with Gasteiger partial charge in [-0.15, -0.1) is 11.3 Å². The van der Waals surface area contributed by atoms with Crippen LogP contribution in [0.2, 0.25) is 5.02 Å². The molecule has 0 aliphatic heterocycles. The van der Waals surface area contributed by atoms with Gasteiger partial charge in [0.2, 0.25) is 0 Å². The number of aryl methyl sites for hydroxylation is 1. The van der Waals surface area contributed by atoms with Gasteiger partial charge >= 0.3 is 0 Å². The number of halogens is 1. The van der Waals surface area contributed by atoms with E-state index in [1.807, 2.05) is 29.5 Å². The Morgan fingerprint density at radius 2 is 2.25 bits per heavy atom. The van der Waals surface area contributed by atoms with Crippen molar-refractivity contribution in [2.75, 3.05) is 0 Å². The third-order valence-corrected chi connectivity index (χ3v) is 4.86. The number of rotatable bonds is 6. The van der Waals surface area contributed by atoms with Crippen molar-refractivity contribution in [3.63, 3.8) is 0 Å². The first-order chi connectivity index (χ1) is 9.74. The molecule has 2 nitrogen and oxygen atoms in total. The van der Waals surface area contributed by atoms with Crippen LogP contribution < -0.4 is 5.32 Å². The summed E-state index contributed by atoms with van der Waals surface area (Å²) in [4.78, 5) is 6.19. The molecule has 1 aromatic carbocycles. The minimum absolute atomic E-state index is 0.748. The number of nitrogens with zero attached hydrogens (tertiary/aromatic N) is 1. The zero-order chi connectivity index (χ0) is 13.9. The summed E-state index contributed by atoms with van der Waals surface area (Å²) in [5.41, 5.74) is 2.48. The van der Waals surface area contributed by atoms with Crippen LogP contribution in [-0.2, 0) is 19.4 Å². The maximum absolute atomic E-state index is 6.04. The van der Waals surface area contributed by atoms with E-state index in [2.05, 4.69) is 18.3 Å². The summed E-state index contributed by atoms with van der Waals surface area (Å²) in [6.07, 6.45) is 4.54. The Hall–Kier alpha value is -0.900. The minimum Gasteiger partial charge on any atom is -0.309 e. The van der Waals surface area contributed by atoms with E-state index in [1.165, 1.54) is 34.0 Å². The van der Waals surface area contributed by atoms with E-state index in [0.717, 1.165) is 30.5 Å². The molecule has 2 aromatic rings. The van der Waals surface area contributed by atoms with Crippen LogP contribution in [0.1, 0.15) is 40.9 Å². The molecular weight excluding hydrogens is 288 g/mol. The predicted octanol–water partition coefficient (Wildman–Crippen LogP) is 4.20.